The molecule has 0 bridgehead atoms. The molecule has 1 aromatic carbocycles. The number of benzene rings is 1. The molecule has 1 aliphatic heterocycles. The van der Waals surface area contributed by atoms with E-state index >= 15 is 0 Å². The fraction of sp³-hybridized carbons (Fsp3) is 0.375. The summed E-state index contributed by atoms with van der Waals surface area (Å²) >= 11 is 0. The first-order chi connectivity index (χ1) is 10.8. The van der Waals surface area contributed by atoms with E-state index in [4.69, 9.17) is 18.9 Å². The van der Waals surface area contributed by atoms with Gasteiger partial charge in [0.15, 0.2) is 17.1 Å². The first-order valence-electron chi connectivity index (χ1n) is 6.93. The number of rotatable bonds is 4. The summed E-state index contributed by atoms with van der Waals surface area (Å²) in [6, 6.07) is 3.48. The zero-order chi connectivity index (χ0) is 17.2. The Labute approximate surface area is 134 Å². The van der Waals surface area contributed by atoms with Gasteiger partial charge in [0.05, 0.1) is 14.2 Å². The first-order valence-corrected chi connectivity index (χ1v) is 6.93. The molecule has 1 aromatic rings. The number of cyclic esters (lactones) is 2. The number of carbonyl (C=O) groups excluding carboxylic acids is 2. The highest BCUT2D eigenvalue weighted by atomic mass is 16.7. The Morgan fingerprint density at radius 3 is 2.09 bits per heavy atom. The standard InChI is InChI=1S/C16H19NO6/c1-9-6-12(20-4)13(21-5)7-11(9)17-8-10-14(18)22-16(2,3)23-15(10)19/h6-8,17H,1-5H3. The van der Waals surface area contributed by atoms with Crippen LogP contribution in [0.4, 0.5) is 5.69 Å². The van der Waals surface area contributed by atoms with Crippen LogP contribution in [0.1, 0.15) is 19.4 Å². The van der Waals surface area contributed by atoms with Crippen molar-refractivity contribution in [1.82, 2.24) is 0 Å². The van der Waals surface area contributed by atoms with Crippen molar-refractivity contribution in [3.63, 3.8) is 0 Å². The molecule has 23 heavy (non-hydrogen) atoms. The summed E-state index contributed by atoms with van der Waals surface area (Å²) in [4.78, 5) is 23.7. The lowest BCUT2D eigenvalue weighted by atomic mass is 10.1. The highest BCUT2D eigenvalue weighted by Gasteiger charge is 2.38. The molecule has 0 saturated carbocycles. The molecule has 1 fully saturated rings. The largest absolute Gasteiger partial charge is 0.493 e. The summed E-state index contributed by atoms with van der Waals surface area (Å²) in [5.74, 6) is -1.63. The van der Waals surface area contributed by atoms with Crippen molar-refractivity contribution in [2.45, 2.75) is 26.6 Å². The van der Waals surface area contributed by atoms with E-state index in [0.29, 0.717) is 17.2 Å². The number of methoxy groups -OCH3 is 2. The third-order valence-electron chi connectivity index (χ3n) is 3.22. The minimum Gasteiger partial charge on any atom is -0.493 e. The van der Waals surface area contributed by atoms with Gasteiger partial charge in [0.2, 0.25) is 0 Å². The molecule has 0 radical (unpaired) electrons. The van der Waals surface area contributed by atoms with Crippen LogP contribution in [0.15, 0.2) is 23.9 Å². The van der Waals surface area contributed by atoms with E-state index in [1.54, 1.807) is 19.2 Å². The Hall–Kier alpha value is -2.70. The molecule has 0 amide bonds. The van der Waals surface area contributed by atoms with Crippen molar-refractivity contribution in [3.05, 3.63) is 29.5 Å². The molecule has 7 nitrogen and oxygen atoms in total. The van der Waals surface area contributed by atoms with Gasteiger partial charge in [0, 0.05) is 31.8 Å². The van der Waals surface area contributed by atoms with E-state index in [0.717, 1.165) is 5.56 Å². The number of aryl methyl sites for hydroxylation is 1. The second kappa shape index (κ2) is 6.20. The van der Waals surface area contributed by atoms with Gasteiger partial charge in [-0.25, -0.2) is 9.59 Å². The molecule has 1 aliphatic rings. The minimum absolute atomic E-state index is 0.210. The second-order valence-electron chi connectivity index (χ2n) is 5.40. The van der Waals surface area contributed by atoms with Gasteiger partial charge in [-0.2, -0.15) is 0 Å². The number of esters is 2. The maximum atomic E-state index is 11.9. The number of anilines is 1. The maximum Gasteiger partial charge on any atom is 0.350 e. The van der Waals surface area contributed by atoms with Crippen molar-refractivity contribution >= 4 is 17.6 Å². The molecule has 0 atom stereocenters. The van der Waals surface area contributed by atoms with Crippen molar-refractivity contribution < 1.29 is 28.5 Å². The molecule has 1 saturated heterocycles. The molecular weight excluding hydrogens is 302 g/mol. The van der Waals surface area contributed by atoms with Crippen LogP contribution in [0.2, 0.25) is 0 Å². The number of hydrogen-bond acceptors (Lipinski definition) is 7. The predicted octanol–water partition coefficient (Wildman–Crippen LogP) is 2.14. The molecule has 0 aliphatic carbocycles. The molecule has 2 rings (SSSR count). The SMILES string of the molecule is COc1cc(C)c(NC=C2C(=O)OC(C)(C)OC2=O)cc1OC. The molecule has 0 spiro atoms. The van der Waals surface area contributed by atoms with Gasteiger partial charge >= 0.3 is 11.9 Å². The molecule has 7 heteroatoms. The van der Waals surface area contributed by atoms with Crippen LogP contribution in [0.3, 0.4) is 0 Å². The fourth-order valence-electron chi connectivity index (χ4n) is 2.06. The minimum atomic E-state index is -1.26. The average Bonchev–Trinajstić information content (AvgIpc) is 2.46. The van der Waals surface area contributed by atoms with E-state index in [-0.39, 0.29) is 5.57 Å². The van der Waals surface area contributed by atoms with Crippen LogP contribution < -0.4 is 14.8 Å². The van der Waals surface area contributed by atoms with Gasteiger partial charge in [-0.15, -0.1) is 0 Å². The Morgan fingerprint density at radius 2 is 1.57 bits per heavy atom. The smallest absolute Gasteiger partial charge is 0.350 e. The van der Waals surface area contributed by atoms with Crippen LogP contribution in [0.25, 0.3) is 0 Å². The van der Waals surface area contributed by atoms with E-state index in [9.17, 15) is 9.59 Å². The number of ether oxygens (including phenoxy) is 4. The number of carbonyl (C=O) groups is 2. The molecule has 0 aromatic heterocycles. The second-order valence-corrected chi connectivity index (χ2v) is 5.40. The van der Waals surface area contributed by atoms with Crippen molar-refractivity contribution in [1.29, 1.82) is 0 Å². The lowest BCUT2D eigenvalue weighted by molar-refractivity contribution is -0.222. The van der Waals surface area contributed by atoms with Crippen molar-refractivity contribution in [2.24, 2.45) is 0 Å². The van der Waals surface area contributed by atoms with E-state index in [2.05, 4.69) is 5.32 Å². The fourth-order valence-corrected chi connectivity index (χ4v) is 2.06. The zero-order valence-corrected chi connectivity index (χ0v) is 13.7. The van der Waals surface area contributed by atoms with Crippen LogP contribution in [-0.2, 0) is 19.1 Å². The van der Waals surface area contributed by atoms with E-state index in [1.165, 1.54) is 27.2 Å². The maximum absolute atomic E-state index is 11.9. The monoisotopic (exact) mass is 321 g/mol. The average molecular weight is 321 g/mol. The summed E-state index contributed by atoms with van der Waals surface area (Å²) in [6.45, 7) is 4.83. The van der Waals surface area contributed by atoms with Gasteiger partial charge in [-0.1, -0.05) is 0 Å². The summed E-state index contributed by atoms with van der Waals surface area (Å²) in [7, 11) is 3.07. The van der Waals surface area contributed by atoms with Crippen molar-refractivity contribution in [3.8, 4) is 11.5 Å². The molecular formula is C16H19NO6. The quantitative estimate of drug-likeness (QED) is 0.517. The van der Waals surface area contributed by atoms with Crippen LogP contribution in [0.5, 0.6) is 11.5 Å². The molecule has 1 N–H and O–H groups in total. The molecule has 124 valence electrons. The van der Waals surface area contributed by atoms with Crippen LogP contribution >= 0.6 is 0 Å². The lowest BCUT2D eigenvalue weighted by Gasteiger charge is -2.29. The predicted molar refractivity (Wildman–Crippen MR) is 82.3 cm³/mol. The van der Waals surface area contributed by atoms with E-state index < -0.39 is 17.7 Å². The zero-order valence-electron chi connectivity index (χ0n) is 13.7. The highest BCUT2D eigenvalue weighted by molar-refractivity contribution is 6.15. The summed E-state index contributed by atoms with van der Waals surface area (Å²) in [5.41, 5.74) is 1.29. The van der Waals surface area contributed by atoms with Gasteiger partial charge in [0.1, 0.15) is 0 Å². The van der Waals surface area contributed by atoms with Gasteiger partial charge in [-0.3, -0.25) is 0 Å². The van der Waals surface area contributed by atoms with E-state index in [1.807, 2.05) is 6.92 Å². The summed E-state index contributed by atoms with van der Waals surface area (Å²) < 4.78 is 20.5. The third-order valence-corrected chi connectivity index (χ3v) is 3.22. The molecule has 0 unspecified atom stereocenters. The lowest BCUT2D eigenvalue weighted by Crippen LogP contribution is -2.42. The van der Waals surface area contributed by atoms with Gasteiger partial charge in [0.25, 0.3) is 5.79 Å². The summed E-state index contributed by atoms with van der Waals surface area (Å²) in [5, 5.41) is 2.90. The third kappa shape index (κ3) is 3.56. The van der Waals surface area contributed by atoms with Crippen LogP contribution in [-0.4, -0.2) is 31.9 Å². The summed E-state index contributed by atoms with van der Waals surface area (Å²) in [6.07, 6.45) is 1.26. The van der Waals surface area contributed by atoms with Crippen molar-refractivity contribution in [2.75, 3.05) is 19.5 Å². The van der Waals surface area contributed by atoms with Gasteiger partial charge in [-0.05, 0) is 18.6 Å². The molecule has 1 heterocycles. The Balaban J connectivity index is 2.26. The number of nitrogens with one attached hydrogen (secondary N) is 1. The highest BCUT2D eigenvalue weighted by Crippen LogP contribution is 2.33. The van der Waals surface area contributed by atoms with Crippen LogP contribution in [0, 0.1) is 6.92 Å². The number of hydrogen-bond donors (Lipinski definition) is 1. The Morgan fingerprint density at radius 1 is 1.04 bits per heavy atom. The van der Waals surface area contributed by atoms with Gasteiger partial charge < -0.3 is 24.3 Å². The normalized spacial score (nSPS) is 16.3. The Kier molecular flexibility index (Phi) is 4.49. The first kappa shape index (κ1) is 16.7. The Bertz CT molecular complexity index is 655. The topological polar surface area (TPSA) is 83.1 Å².